The normalized spacial score (nSPS) is 8.82. The topological polar surface area (TPSA) is 37.4 Å². The molecule has 0 radical (unpaired) electrons. The maximum absolute atomic E-state index is 8.48. The van der Waals surface area contributed by atoms with Gasteiger partial charge in [-0.05, 0) is 28.1 Å². The van der Waals surface area contributed by atoms with Gasteiger partial charge in [0.05, 0.1) is 13.2 Å². The minimum atomic E-state index is 0.462. The summed E-state index contributed by atoms with van der Waals surface area (Å²) in [5.41, 5.74) is 0.462. The molecule has 56 valence electrons. The molecule has 1 aromatic carbocycles. The second-order valence-electron chi connectivity index (χ2n) is 1.92. The predicted octanol–water partition coefficient (Wildman–Crippen LogP) is 2.94. The molecule has 4 heteroatoms. The standard InChI is InChI=1S/C7H6BrN2O/c1-11-5-2-3-6(8)7(4-5)10-9/h2-4H,1H3/q+1. The van der Waals surface area contributed by atoms with Gasteiger partial charge in [0.25, 0.3) is 0 Å². The van der Waals surface area contributed by atoms with E-state index in [1.54, 1.807) is 25.3 Å². The van der Waals surface area contributed by atoms with Crippen molar-refractivity contribution in [1.29, 1.82) is 5.39 Å². The second kappa shape index (κ2) is 3.35. The van der Waals surface area contributed by atoms with E-state index < -0.39 is 0 Å². The first kappa shape index (κ1) is 8.02. The van der Waals surface area contributed by atoms with Gasteiger partial charge in [-0.1, -0.05) is 0 Å². The van der Waals surface area contributed by atoms with Gasteiger partial charge in [-0.25, -0.2) is 0 Å². The lowest BCUT2D eigenvalue weighted by Gasteiger charge is -1.94. The van der Waals surface area contributed by atoms with Gasteiger partial charge in [-0.2, -0.15) is 0 Å². The van der Waals surface area contributed by atoms with Gasteiger partial charge in [0.15, 0.2) is 4.98 Å². The monoisotopic (exact) mass is 213 g/mol. The number of hydrogen-bond donors (Lipinski definition) is 0. The van der Waals surface area contributed by atoms with Crippen LogP contribution in [0.1, 0.15) is 0 Å². The molecule has 0 aliphatic carbocycles. The molecule has 0 amide bonds. The average Bonchev–Trinajstić information content (AvgIpc) is 2.05. The van der Waals surface area contributed by atoms with Gasteiger partial charge in [-0.3, -0.25) is 0 Å². The zero-order chi connectivity index (χ0) is 8.27. The van der Waals surface area contributed by atoms with E-state index in [1.165, 1.54) is 0 Å². The first-order valence-corrected chi connectivity index (χ1v) is 3.76. The van der Waals surface area contributed by atoms with Crippen LogP contribution in [0.3, 0.4) is 0 Å². The Bertz CT molecular complexity index is 306. The number of halogens is 1. The number of benzene rings is 1. The van der Waals surface area contributed by atoms with Crippen molar-refractivity contribution < 1.29 is 4.74 Å². The minimum Gasteiger partial charge on any atom is -0.496 e. The minimum absolute atomic E-state index is 0.462. The van der Waals surface area contributed by atoms with Crippen LogP contribution in [0.25, 0.3) is 4.98 Å². The lowest BCUT2D eigenvalue weighted by atomic mass is 10.3. The molecule has 0 aliphatic heterocycles. The number of ether oxygens (including phenoxy) is 1. The van der Waals surface area contributed by atoms with Crippen LogP contribution in [0.2, 0.25) is 0 Å². The largest absolute Gasteiger partial charge is 0.496 e. The van der Waals surface area contributed by atoms with Gasteiger partial charge in [0, 0.05) is 0 Å². The van der Waals surface area contributed by atoms with E-state index in [9.17, 15) is 0 Å². The van der Waals surface area contributed by atoms with Crippen molar-refractivity contribution in [3.05, 3.63) is 27.6 Å². The fourth-order valence-electron chi connectivity index (χ4n) is 0.696. The Hall–Kier alpha value is -1.08. The van der Waals surface area contributed by atoms with Gasteiger partial charge < -0.3 is 4.74 Å². The molecule has 0 spiro atoms. The Morgan fingerprint density at radius 1 is 1.55 bits per heavy atom. The second-order valence-corrected chi connectivity index (χ2v) is 2.77. The molecule has 3 nitrogen and oxygen atoms in total. The first-order chi connectivity index (χ1) is 5.27. The van der Waals surface area contributed by atoms with E-state index in [0.29, 0.717) is 11.4 Å². The summed E-state index contributed by atoms with van der Waals surface area (Å²) < 4.78 is 5.66. The van der Waals surface area contributed by atoms with E-state index in [-0.39, 0.29) is 0 Å². The first-order valence-electron chi connectivity index (χ1n) is 2.96. The molecule has 0 fully saturated rings. The highest BCUT2D eigenvalue weighted by Gasteiger charge is 2.11. The third-order valence-electron chi connectivity index (χ3n) is 1.26. The average molecular weight is 214 g/mol. The van der Waals surface area contributed by atoms with Crippen molar-refractivity contribution in [3.63, 3.8) is 0 Å². The number of methoxy groups -OCH3 is 1. The van der Waals surface area contributed by atoms with E-state index in [2.05, 4.69) is 20.9 Å². The predicted molar refractivity (Wildman–Crippen MR) is 45.4 cm³/mol. The highest BCUT2D eigenvalue weighted by Crippen LogP contribution is 2.29. The molecule has 0 N–H and O–H groups in total. The third-order valence-corrected chi connectivity index (χ3v) is 1.93. The van der Waals surface area contributed by atoms with Crippen molar-refractivity contribution in [2.45, 2.75) is 0 Å². The molecule has 11 heavy (non-hydrogen) atoms. The lowest BCUT2D eigenvalue weighted by Crippen LogP contribution is -1.80. The van der Waals surface area contributed by atoms with Crippen LogP contribution in [-0.2, 0) is 0 Å². The van der Waals surface area contributed by atoms with Crippen LogP contribution in [0, 0.1) is 5.39 Å². The fourth-order valence-corrected chi connectivity index (χ4v) is 1.02. The van der Waals surface area contributed by atoms with Gasteiger partial charge in [-0.15, -0.1) is 0 Å². The van der Waals surface area contributed by atoms with Crippen LogP contribution in [0.5, 0.6) is 5.75 Å². The number of nitrogens with zero attached hydrogens (tertiary/aromatic N) is 2. The Labute approximate surface area is 72.7 Å². The van der Waals surface area contributed by atoms with Crippen molar-refractivity contribution in [1.82, 2.24) is 0 Å². The Balaban J connectivity index is 3.15. The highest BCUT2D eigenvalue weighted by atomic mass is 79.9. The van der Waals surface area contributed by atoms with E-state index in [0.717, 1.165) is 4.47 Å². The maximum atomic E-state index is 8.48. The van der Waals surface area contributed by atoms with Crippen LogP contribution in [0.4, 0.5) is 5.69 Å². The van der Waals surface area contributed by atoms with Gasteiger partial charge in [0.2, 0.25) is 5.39 Å². The van der Waals surface area contributed by atoms with Crippen LogP contribution < -0.4 is 4.74 Å². The zero-order valence-electron chi connectivity index (χ0n) is 5.91. The molecule has 1 aromatic rings. The highest BCUT2D eigenvalue weighted by molar-refractivity contribution is 9.10. The molecule has 0 saturated heterocycles. The molecule has 0 aliphatic rings. The van der Waals surface area contributed by atoms with E-state index >= 15 is 0 Å². The quantitative estimate of drug-likeness (QED) is 0.674. The molecule has 1 rings (SSSR count). The van der Waals surface area contributed by atoms with Crippen molar-refractivity contribution in [2.75, 3.05) is 7.11 Å². The SMILES string of the molecule is COc1ccc(Br)c([N+]#N)c1. The van der Waals surface area contributed by atoms with E-state index in [1.807, 2.05) is 0 Å². The molecule has 0 heterocycles. The lowest BCUT2D eigenvalue weighted by molar-refractivity contribution is 0.415. The van der Waals surface area contributed by atoms with Gasteiger partial charge >= 0.3 is 5.69 Å². The Kier molecular flexibility index (Phi) is 2.44. The smallest absolute Gasteiger partial charge is 0.402 e. The van der Waals surface area contributed by atoms with E-state index in [4.69, 9.17) is 10.1 Å². The summed E-state index contributed by atoms with van der Waals surface area (Å²) in [5.74, 6) is 0.668. The summed E-state index contributed by atoms with van der Waals surface area (Å²) in [5, 5.41) is 8.48. The van der Waals surface area contributed by atoms with Crippen LogP contribution in [-0.4, -0.2) is 7.11 Å². The molecule has 0 unspecified atom stereocenters. The third kappa shape index (κ3) is 1.69. The Morgan fingerprint density at radius 3 is 2.82 bits per heavy atom. The summed E-state index contributed by atoms with van der Waals surface area (Å²) in [7, 11) is 1.56. The fraction of sp³-hybridized carbons (Fsp3) is 0.143. The number of diazo groups is 1. The molecule has 0 atom stereocenters. The summed E-state index contributed by atoms with van der Waals surface area (Å²) in [6.07, 6.45) is 0. The summed E-state index contributed by atoms with van der Waals surface area (Å²) >= 11 is 3.21. The molecular weight excluding hydrogens is 208 g/mol. The van der Waals surface area contributed by atoms with Gasteiger partial charge in [0.1, 0.15) is 10.2 Å². The van der Waals surface area contributed by atoms with Crippen molar-refractivity contribution in [2.24, 2.45) is 0 Å². The molecule has 0 saturated carbocycles. The maximum Gasteiger partial charge on any atom is 0.402 e. The number of hydrogen-bond acceptors (Lipinski definition) is 2. The van der Waals surface area contributed by atoms with Crippen LogP contribution in [0.15, 0.2) is 22.7 Å². The van der Waals surface area contributed by atoms with Crippen LogP contribution >= 0.6 is 15.9 Å². The Morgan fingerprint density at radius 2 is 2.27 bits per heavy atom. The summed E-state index contributed by atoms with van der Waals surface area (Å²) in [4.78, 5) is 3.05. The molecular formula is C7H6BrN2O+. The number of rotatable bonds is 1. The summed E-state index contributed by atoms with van der Waals surface area (Å²) in [6.45, 7) is 0. The zero-order valence-corrected chi connectivity index (χ0v) is 7.50. The molecule has 0 aromatic heterocycles. The summed E-state index contributed by atoms with van der Waals surface area (Å²) in [6, 6.07) is 5.16. The van der Waals surface area contributed by atoms with Crippen molar-refractivity contribution in [3.8, 4) is 5.75 Å². The van der Waals surface area contributed by atoms with Crippen molar-refractivity contribution >= 4 is 21.6 Å². The molecule has 0 bridgehead atoms.